The van der Waals surface area contributed by atoms with Crippen molar-refractivity contribution in [1.82, 2.24) is 0 Å². The van der Waals surface area contributed by atoms with E-state index in [9.17, 15) is 0 Å². The van der Waals surface area contributed by atoms with Gasteiger partial charge in [-0.25, -0.2) is 0 Å². The van der Waals surface area contributed by atoms with Gasteiger partial charge in [0, 0.05) is 16.5 Å². The van der Waals surface area contributed by atoms with Crippen LogP contribution in [0.3, 0.4) is 0 Å². The molecule has 0 radical (unpaired) electrons. The van der Waals surface area contributed by atoms with Crippen LogP contribution in [0.25, 0.3) is 11.1 Å². The first-order valence-corrected chi connectivity index (χ1v) is 14.2. The lowest BCUT2D eigenvalue weighted by atomic mass is 9.34. The molecular weight excluding hydrogens is 518 g/mol. The van der Waals surface area contributed by atoms with Gasteiger partial charge in [-0.15, -0.1) is 0 Å². The number of fused-ring (bicyclic) bond motifs is 8. The molecule has 0 spiro atoms. The molecule has 4 aliphatic heterocycles. The summed E-state index contributed by atoms with van der Waals surface area (Å²) in [6, 6.07) is 41.6. The first kappa shape index (κ1) is 22.4. The average molecular weight is 538 g/mol. The largest absolute Gasteiger partial charge is 0.458 e. The van der Waals surface area contributed by atoms with Crippen molar-refractivity contribution < 1.29 is 18.9 Å². The second-order valence-corrected chi connectivity index (χ2v) is 11.2. The minimum atomic E-state index is 0.0106. The summed E-state index contributed by atoms with van der Waals surface area (Å²) in [5.74, 6) is 6.73. The minimum absolute atomic E-state index is 0.0106. The fraction of sp³-hybridized carbons (Fsp3) is 0. The van der Waals surface area contributed by atoms with Crippen LogP contribution in [0.1, 0.15) is 0 Å². The second kappa shape index (κ2) is 8.11. The van der Waals surface area contributed by atoms with Crippen LogP contribution in [0.2, 0.25) is 0 Å². The SMILES string of the molecule is c1ccc2c(c1)Oc1cc(-c3ccc4c5c3Oc3ccccc3B5c3ccccc3O4)cc3c1B2c1ccccc1O3. The van der Waals surface area contributed by atoms with Crippen molar-refractivity contribution in [1.29, 1.82) is 0 Å². The first-order chi connectivity index (χ1) is 20.8. The van der Waals surface area contributed by atoms with Crippen molar-refractivity contribution in [3.63, 3.8) is 0 Å². The van der Waals surface area contributed by atoms with Crippen LogP contribution < -0.4 is 51.7 Å². The van der Waals surface area contributed by atoms with Gasteiger partial charge in [0.05, 0.1) is 0 Å². The molecule has 194 valence electrons. The van der Waals surface area contributed by atoms with Gasteiger partial charge in [-0.05, 0) is 75.9 Å². The molecule has 0 aromatic heterocycles. The lowest BCUT2D eigenvalue weighted by Gasteiger charge is -2.35. The van der Waals surface area contributed by atoms with E-state index in [1.165, 1.54) is 0 Å². The minimum Gasteiger partial charge on any atom is -0.458 e. The molecule has 0 fully saturated rings. The number of hydrogen-bond donors (Lipinski definition) is 0. The summed E-state index contributed by atoms with van der Waals surface area (Å²) in [6.45, 7) is 0.0507. The lowest BCUT2D eigenvalue weighted by Crippen LogP contribution is -2.57. The molecule has 10 rings (SSSR count). The number of para-hydroxylation sites is 4. The third-order valence-corrected chi connectivity index (χ3v) is 8.94. The van der Waals surface area contributed by atoms with Crippen molar-refractivity contribution in [2.75, 3.05) is 0 Å². The van der Waals surface area contributed by atoms with E-state index in [0.717, 1.165) is 89.9 Å². The predicted octanol–water partition coefficient (Wildman–Crippen LogP) is 4.81. The highest BCUT2D eigenvalue weighted by Crippen LogP contribution is 2.44. The number of benzene rings is 6. The Hall–Kier alpha value is -5.35. The van der Waals surface area contributed by atoms with E-state index in [2.05, 4.69) is 72.8 Å². The van der Waals surface area contributed by atoms with Gasteiger partial charge in [-0.1, -0.05) is 72.8 Å². The summed E-state index contributed by atoms with van der Waals surface area (Å²) >= 11 is 0. The molecule has 0 atom stereocenters. The summed E-state index contributed by atoms with van der Waals surface area (Å²) in [5, 5.41) is 0. The Morgan fingerprint density at radius 3 is 1.31 bits per heavy atom. The molecule has 6 aromatic rings. The first-order valence-electron chi connectivity index (χ1n) is 14.2. The molecule has 6 heteroatoms. The van der Waals surface area contributed by atoms with Gasteiger partial charge in [-0.3, -0.25) is 0 Å². The Kier molecular flexibility index (Phi) is 4.32. The quantitative estimate of drug-likeness (QED) is 0.282. The van der Waals surface area contributed by atoms with Gasteiger partial charge < -0.3 is 18.9 Å². The van der Waals surface area contributed by atoms with Gasteiger partial charge in [0.1, 0.15) is 46.0 Å². The molecule has 0 saturated heterocycles. The Labute approximate surface area is 243 Å². The Balaban J connectivity index is 1.21. The van der Waals surface area contributed by atoms with Gasteiger partial charge in [-0.2, -0.15) is 0 Å². The van der Waals surface area contributed by atoms with E-state index in [-0.39, 0.29) is 13.4 Å². The van der Waals surface area contributed by atoms with Crippen LogP contribution in [-0.4, -0.2) is 13.4 Å². The van der Waals surface area contributed by atoms with E-state index in [0.29, 0.717) is 0 Å². The Bertz CT molecular complexity index is 2060. The highest BCUT2D eigenvalue weighted by atomic mass is 16.5. The maximum atomic E-state index is 6.73. The van der Waals surface area contributed by atoms with E-state index in [1.54, 1.807) is 0 Å². The van der Waals surface area contributed by atoms with Crippen LogP contribution in [0, 0.1) is 0 Å². The van der Waals surface area contributed by atoms with Gasteiger partial charge >= 0.3 is 0 Å². The van der Waals surface area contributed by atoms with Crippen molar-refractivity contribution in [2.45, 2.75) is 0 Å². The fourth-order valence-electron chi connectivity index (χ4n) is 7.16. The summed E-state index contributed by atoms with van der Waals surface area (Å²) < 4.78 is 26.3. The normalized spacial score (nSPS) is 13.9. The number of ether oxygens (including phenoxy) is 4. The van der Waals surface area contributed by atoms with Crippen molar-refractivity contribution in [3.05, 3.63) is 121 Å². The van der Waals surface area contributed by atoms with Crippen LogP contribution in [0.5, 0.6) is 46.0 Å². The van der Waals surface area contributed by atoms with Crippen molar-refractivity contribution >= 4 is 46.2 Å². The summed E-state index contributed by atoms with van der Waals surface area (Å²) in [7, 11) is 0. The molecule has 4 aliphatic rings. The molecule has 42 heavy (non-hydrogen) atoms. The van der Waals surface area contributed by atoms with E-state index in [1.807, 2.05) is 48.5 Å². The standard InChI is InChI=1S/C36H20B2O4/c1-6-14-28-23(9-1)37-24-10-2-7-15-29(24)41-33-20-21(19-32(40-28)34(33)37)22-17-18-31-35-36(22)42-30-16-8-4-12-26(30)38(35)25-11-3-5-13-27(25)39-31/h1-20H. The zero-order chi connectivity index (χ0) is 27.4. The summed E-state index contributed by atoms with van der Waals surface area (Å²) in [5.41, 5.74) is 8.63. The topological polar surface area (TPSA) is 36.9 Å². The maximum absolute atomic E-state index is 6.73. The fourth-order valence-corrected chi connectivity index (χ4v) is 7.16. The highest BCUT2D eigenvalue weighted by Gasteiger charge is 2.43. The molecule has 0 N–H and O–H groups in total. The van der Waals surface area contributed by atoms with Gasteiger partial charge in [0.25, 0.3) is 13.4 Å². The molecule has 0 unspecified atom stereocenters. The number of hydrogen-bond acceptors (Lipinski definition) is 4. The van der Waals surface area contributed by atoms with Crippen LogP contribution in [0.15, 0.2) is 121 Å². The van der Waals surface area contributed by atoms with E-state index in [4.69, 9.17) is 18.9 Å². The van der Waals surface area contributed by atoms with Crippen molar-refractivity contribution in [2.24, 2.45) is 0 Å². The molecule has 0 aliphatic carbocycles. The molecule has 4 heterocycles. The molecule has 4 nitrogen and oxygen atoms in total. The smallest absolute Gasteiger partial charge is 0.260 e. The number of rotatable bonds is 1. The molecule has 0 saturated carbocycles. The monoisotopic (exact) mass is 538 g/mol. The summed E-state index contributed by atoms with van der Waals surface area (Å²) in [6.07, 6.45) is 0. The Morgan fingerprint density at radius 2 is 0.786 bits per heavy atom. The van der Waals surface area contributed by atoms with Crippen LogP contribution in [0.4, 0.5) is 0 Å². The molecular formula is C36H20B2O4. The molecule has 0 amide bonds. The highest BCUT2D eigenvalue weighted by molar-refractivity contribution is 6.99. The Morgan fingerprint density at radius 1 is 0.357 bits per heavy atom. The lowest BCUT2D eigenvalue weighted by molar-refractivity contribution is 0.463. The van der Waals surface area contributed by atoms with Crippen LogP contribution in [-0.2, 0) is 0 Å². The predicted molar refractivity (Wildman–Crippen MR) is 167 cm³/mol. The third-order valence-electron chi connectivity index (χ3n) is 8.94. The summed E-state index contributed by atoms with van der Waals surface area (Å²) in [4.78, 5) is 0. The maximum Gasteiger partial charge on any atom is 0.260 e. The third kappa shape index (κ3) is 2.93. The van der Waals surface area contributed by atoms with Crippen molar-refractivity contribution in [3.8, 4) is 57.1 Å². The van der Waals surface area contributed by atoms with Gasteiger partial charge in [0.15, 0.2) is 0 Å². The second-order valence-electron chi connectivity index (χ2n) is 11.2. The molecule has 6 aromatic carbocycles. The zero-order valence-electron chi connectivity index (χ0n) is 22.3. The van der Waals surface area contributed by atoms with Gasteiger partial charge in [0.2, 0.25) is 0 Å². The average Bonchev–Trinajstić information content (AvgIpc) is 3.04. The van der Waals surface area contributed by atoms with Crippen LogP contribution >= 0.6 is 0 Å². The zero-order valence-corrected chi connectivity index (χ0v) is 22.3. The molecule has 0 bridgehead atoms. The van der Waals surface area contributed by atoms with E-state index >= 15 is 0 Å². The van der Waals surface area contributed by atoms with E-state index < -0.39 is 0 Å².